The minimum atomic E-state index is -1.54. The first-order valence-corrected chi connectivity index (χ1v) is 6.56. The van der Waals surface area contributed by atoms with Gasteiger partial charge in [0.2, 0.25) is 6.36 Å². The van der Waals surface area contributed by atoms with Crippen molar-refractivity contribution in [2.75, 3.05) is 6.61 Å². The Morgan fingerprint density at radius 2 is 2.28 bits per heavy atom. The highest BCUT2D eigenvalue weighted by molar-refractivity contribution is 5.68. The van der Waals surface area contributed by atoms with Gasteiger partial charge in [-0.15, -0.1) is 0 Å². The highest BCUT2D eigenvalue weighted by atomic mass is 19.1. The molecule has 2 bridgehead atoms. The SMILES string of the molecule is CCCC(F)OC(=O)N[C@@H]1C2C=CC(C2)[C@@H]1CO. The molecule has 0 heterocycles. The first kappa shape index (κ1) is 13.3. The predicted molar refractivity (Wildman–Crippen MR) is 64.5 cm³/mol. The summed E-state index contributed by atoms with van der Waals surface area (Å²) >= 11 is 0. The molecule has 1 fully saturated rings. The van der Waals surface area contributed by atoms with Crippen molar-refractivity contribution in [1.82, 2.24) is 5.32 Å². The fourth-order valence-corrected chi connectivity index (χ4v) is 2.96. The molecule has 0 radical (unpaired) electrons. The summed E-state index contributed by atoms with van der Waals surface area (Å²) in [6.45, 7) is 1.86. The molecule has 2 aliphatic rings. The summed E-state index contributed by atoms with van der Waals surface area (Å²) in [7, 11) is 0. The molecule has 0 aromatic rings. The number of carbonyl (C=O) groups excluding carboxylic acids is 1. The molecule has 5 atom stereocenters. The van der Waals surface area contributed by atoms with Gasteiger partial charge in [0, 0.05) is 25.0 Å². The maximum atomic E-state index is 13.1. The number of carbonyl (C=O) groups is 1. The second-order valence-electron chi connectivity index (χ2n) is 5.07. The molecule has 0 aromatic carbocycles. The largest absolute Gasteiger partial charge is 0.415 e. The third kappa shape index (κ3) is 2.66. The van der Waals surface area contributed by atoms with Gasteiger partial charge in [-0.05, 0) is 24.7 Å². The van der Waals surface area contributed by atoms with Crippen LogP contribution in [0.1, 0.15) is 26.2 Å². The van der Waals surface area contributed by atoms with E-state index in [4.69, 9.17) is 0 Å². The van der Waals surface area contributed by atoms with Crippen LogP contribution >= 0.6 is 0 Å². The summed E-state index contributed by atoms with van der Waals surface area (Å²) in [6.07, 6.45) is 3.67. The number of hydrogen-bond acceptors (Lipinski definition) is 3. The maximum Gasteiger partial charge on any atom is 0.409 e. The Hall–Kier alpha value is -1.10. The van der Waals surface area contributed by atoms with Crippen molar-refractivity contribution >= 4 is 6.09 Å². The van der Waals surface area contributed by atoms with E-state index in [0.717, 1.165) is 6.42 Å². The quantitative estimate of drug-likeness (QED) is 0.740. The Kier molecular flexibility index (Phi) is 4.22. The van der Waals surface area contributed by atoms with E-state index in [2.05, 4.69) is 22.2 Å². The van der Waals surface area contributed by atoms with Crippen molar-refractivity contribution < 1.29 is 19.0 Å². The van der Waals surface area contributed by atoms with Crippen molar-refractivity contribution in [3.8, 4) is 0 Å². The number of amides is 1. The molecular formula is C13H20FNO3. The van der Waals surface area contributed by atoms with E-state index in [9.17, 15) is 14.3 Å². The van der Waals surface area contributed by atoms with Gasteiger partial charge in [0.1, 0.15) is 0 Å². The van der Waals surface area contributed by atoms with Gasteiger partial charge in [-0.3, -0.25) is 0 Å². The van der Waals surface area contributed by atoms with Crippen molar-refractivity contribution in [3.05, 3.63) is 12.2 Å². The lowest BCUT2D eigenvalue weighted by Gasteiger charge is -2.27. The number of rotatable bonds is 5. The molecular weight excluding hydrogens is 237 g/mol. The minimum Gasteiger partial charge on any atom is -0.415 e. The van der Waals surface area contributed by atoms with Crippen LogP contribution in [-0.2, 0) is 4.74 Å². The summed E-state index contributed by atoms with van der Waals surface area (Å²) in [5.74, 6) is 0.586. The Morgan fingerprint density at radius 1 is 1.56 bits per heavy atom. The topological polar surface area (TPSA) is 58.6 Å². The molecule has 1 saturated carbocycles. The summed E-state index contributed by atoms with van der Waals surface area (Å²) in [5, 5.41) is 12.0. The summed E-state index contributed by atoms with van der Waals surface area (Å²) in [5.41, 5.74) is 0. The Labute approximate surface area is 106 Å². The molecule has 3 unspecified atom stereocenters. The van der Waals surface area contributed by atoms with Crippen LogP contribution < -0.4 is 5.32 Å². The maximum absolute atomic E-state index is 13.1. The number of fused-ring (bicyclic) bond motifs is 2. The number of allylic oxidation sites excluding steroid dienone is 1. The molecule has 2 rings (SSSR count). The van der Waals surface area contributed by atoms with Gasteiger partial charge in [0.25, 0.3) is 0 Å². The smallest absolute Gasteiger partial charge is 0.409 e. The molecule has 18 heavy (non-hydrogen) atoms. The molecule has 2 N–H and O–H groups in total. The standard InChI is InChI=1S/C13H20FNO3/c1-2-3-11(14)18-13(17)15-12-9-5-4-8(6-9)10(12)7-16/h4-5,8-12,16H,2-3,6-7H2,1H3,(H,15,17)/t8?,9?,10-,11?,12+/m0/s1. The monoisotopic (exact) mass is 257 g/mol. The zero-order valence-corrected chi connectivity index (χ0v) is 10.5. The normalized spacial score (nSPS) is 34.6. The van der Waals surface area contributed by atoms with E-state index in [1.54, 1.807) is 0 Å². The molecule has 4 nitrogen and oxygen atoms in total. The van der Waals surface area contributed by atoms with E-state index in [0.29, 0.717) is 12.3 Å². The van der Waals surface area contributed by atoms with Crippen LogP contribution in [0.5, 0.6) is 0 Å². The number of hydrogen-bond donors (Lipinski definition) is 2. The fraction of sp³-hybridized carbons (Fsp3) is 0.769. The lowest BCUT2D eigenvalue weighted by molar-refractivity contribution is 0.00474. The number of alkyl halides is 1. The zero-order valence-electron chi connectivity index (χ0n) is 10.5. The van der Waals surface area contributed by atoms with E-state index < -0.39 is 12.5 Å². The molecule has 0 saturated heterocycles. The zero-order chi connectivity index (χ0) is 13.1. The molecule has 0 aliphatic heterocycles. The molecule has 5 heteroatoms. The Balaban J connectivity index is 1.85. The third-order valence-corrected chi connectivity index (χ3v) is 3.87. The number of ether oxygens (including phenoxy) is 1. The van der Waals surface area contributed by atoms with Gasteiger partial charge in [0.05, 0.1) is 0 Å². The Bertz CT molecular complexity index is 334. The van der Waals surface area contributed by atoms with Crippen LogP contribution in [0, 0.1) is 17.8 Å². The molecule has 2 aliphatic carbocycles. The van der Waals surface area contributed by atoms with Crippen LogP contribution in [0.3, 0.4) is 0 Å². The van der Waals surface area contributed by atoms with Gasteiger partial charge in [-0.25, -0.2) is 9.18 Å². The van der Waals surface area contributed by atoms with E-state index in [1.807, 2.05) is 6.92 Å². The average molecular weight is 257 g/mol. The van der Waals surface area contributed by atoms with Crippen LogP contribution in [0.4, 0.5) is 9.18 Å². The highest BCUT2D eigenvalue weighted by Gasteiger charge is 2.45. The van der Waals surface area contributed by atoms with Gasteiger partial charge < -0.3 is 15.2 Å². The Morgan fingerprint density at radius 3 is 2.94 bits per heavy atom. The molecule has 0 spiro atoms. The van der Waals surface area contributed by atoms with Crippen LogP contribution in [0.2, 0.25) is 0 Å². The number of alkyl carbamates (subject to hydrolysis) is 1. The minimum absolute atomic E-state index is 0.0248. The second-order valence-corrected chi connectivity index (χ2v) is 5.07. The summed E-state index contributed by atoms with van der Waals surface area (Å²) in [4.78, 5) is 11.5. The van der Waals surface area contributed by atoms with E-state index >= 15 is 0 Å². The number of halogens is 1. The number of aliphatic hydroxyl groups excluding tert-OH is 1. The van der Waals surface area contributed by atoms with Crippen molar-refractivity contribution in [3.63, 3.8) is 0 Å². The van der Waals surface area contributed by atoms with Crippen LogP contribution in [0.25, 0.3) is 0 Å². The van der Waals surface area contributed by atoms with E-state index in [1.165, 1.54) is 0 Å². The van der Waals surface area contributed by atoms with Gasteiger partial charge in [-0.1, -0.05) is 19.1 Å². The first-order chi connectivity index (χ1) is 8.65. The van der Waals surface area contributed by atoms with Gasteiger partial charge >= 0.3 is 6.09 Å². The summed E-state index contributed by atoms with van der Waals surface area (Å²) in [6, 6.07) is -0.133. The first-order valence-electron chi connectivity index (χ1n) is 6.56. The van der Waals surface area contributed by atoms with Gasteiger partial charge in [0.15, 0.2) is 0 Å². The molecule has 102 valence electrons. The lowest BCUT2D eigenvalue weighted by atomic mass is 9.90. The summed E-state index contributed by atoms with van der Waals surface area (Å²) < 4.78 is 17.8. The number of nitrogens with one attached hydrogen (secondary N) is 1. The average Bonchev–Trinajstić information content (AvgIpc) is 2.89. The van der Waals surface area contributed by atoms with Gasteiger partial charge in [-0.2, -0.15) is 0 Å². The fourth-order valence-electron chi connectivity index (χ4n) is 2.96. The van der Waals surface area contributed by atoms with E-state index in [-0.39, 0.29) is 30.9 Å². The van der Waals surface area contributed by atoms with Crippen LogP contribution in [0.15, 0.2) is 12.2 Å². The lowest BCUT2D eigenvalue weighted by Crippen LogP contribution is -2.44. The molecule has 0 aromatic heterocycles. The van der Waals surface area contributed by atoms with Crippen molar-refractivity contribution in [2.24, 2.45) is 17.8 Å². The highest BCUT2D eigenvalue weighted by Crippen LogP contribution is 2.43. The molecule has 1 amide bonds. The van der Waals surface area contributed by atoms with Crippen LogP contribution in [-0.4, -0.2) is 30.2 Å². The second kappa shape index (κ2) is 5.69. The predicted octanol–water partition coefficient (Wildman–Crippen LogP) is 1.99. The third-order valence-electron chi connectivity index (χ3n) is 3.87. The van der Waals surface area contributed by atoms with Crippen molar-refractivity contribution in [2.45, 2.75) is 38.6 Å². The van der Waals surface area contributed by atoms with Crippen molar-refractivity contribution in [1.29, 1.82) is 0 Å². The number of aliphatic hydroxyl groups is 1.